The number of aromatic nitrogens is 1. The molecular formula is C13H23N3O3S. The third kappa shape index (κ3) is 4.97. The second kappa shape index (κ2) is 7.44. The second-order valence-corrected chi connectivity index (χ2v) is 6.48. The minimum Gasteiger partial charge on any atom is -0.356 e. The number of H-pyrrole nitrogens is 1. The molecule has 1 aromatic heterocycles. The van der Waals surface area contributed by atoms with Crippen LogP contribution in [0, 0.1) is 5.92 Å². The first-order valence-electron chi connectivity index (χ1n) is 6.87. The van der Waals surface area contributed by atoms with Crippen LogP contribution in [-0.4, -0.2) is 25.9 Å². The molecule has 4 N–H and O–H groups in total. The lowest BCUT2D eigenvalue weighted by Crippen LogP contribution is -2.29. The molecule has 0 aliphatic carbocycles. The Bertz CT molecular complexity index is 537. The number of carbonyl (C=O) groups is 1. The monoisotopic (exact) mass is 301 g/mol. The van der Waals surface area contributed by atoms with Crippen molar-refractivity contribution in [3.05, 3.63) is 18.0 Å². The predicted octanol–water partition coefficient (Wildman–Crippen LogP) is 1.61. The largest absolute Gasteiger partial charge is 0.356 e. The van der Waals surface area contributed by atoms with Crippen LogP contribution < -0.4 is 10.5 Å². The minimum atomic E-state index is -3.77. The fourth-order valence-electron chi connectivity index (χ4n) is 1.95. The molecule has 7 heteroatoms. The molecule has 0 saturated carbocycles. The molecule has 1 amide bonds. The van der Waals surface area contributed by atoms with Gasteiger partial charge in [-0.05, 0) is 18.4 Å². The van der Waals surface area contributed by atoms with Crippen molar-refractivity contribution in [3.8, 4) is 0 Å². The van der Waals surface area contributed by atoms with Crippen LogP contribution in [-0.2, 0) is 10.0 Å². The van der Waals surface area contributed by atoms with Gasteiger partial charge >= 0.3 is 0 Å². The molecule has 1 heterocycles. The Morgan fingerprint density at radius 1 is 1.45 bits per heavy atom. The van der Waals surface area contributed by atoms with Gasteiger partial charge in [0, 0.05) is 12.7 Å². The second-order valence-electron chi connectivity index (χ2n) is 4.92. The number of hydrogen-bond acceptors (Lipinski definition) is 3. The quantitative estimate of drug-likeness (QED) is 0.679. The summed E-state index contributed by atoms with van der Waals surface area (Å²) in [5, 5.41) is 7.81. The number of rotatable bonds is 8. The van der Waals surface area contributed by atoms with Gasteiger partial charge in [-0.1, -0.05) is 33.1 Å². The van der Waals surface area contributed by atoms with Gasteiger partial charge in [0.25, 0.3) is 5.91 Å². The Balaban J connectivity index is 2.56. The Kier molecular flexibility index (Phi) is 6.22. The van der Waals surface area contributed by atoms with Crippen LogP contribution in [0.25, 0.3) is 0 Å². The van der Waals surface area contributed by atoms with Crippen molar-refractivity contribution >= 4 is 15.9 Å². The number of nitrogens with two attached hydrogens (primary N) is 1. The van der Waals surface area contributed by atoms with Gasteiger partial charge in [-0.25, -0.2) is 13.6 Å². The summed E-state index contributed by atoms with van der Waals surface area (Å²) in [6.07, 6.45) is 5.59. The molecule has 1 rings (SSSR count). The summed E-state index contributed by atoms with van der Waals surface area (Å²) in [5.74, 6) is 0.140. The molecule has 0 spiro atoms. The van der Waals surface area contributed by atoms with Gasteiger partial charge in [0.2, 0.25) is 10.0 Å². The molecule has 0 fully saturated rings. The van der Waals surface area contributed by atoms with Crippen molar-refractivity contribution < 1.29 is 13.2 Å². The third-order valence-corrected chi connectivity index (χ3v) is 4.22. The molecule has 1 aromatic rings. The Hall–Kier alpha value is -1.34. The average Bonchev–Trinajstić information content (AvgIpc) is 2.88. The Morgan fingerprint density at radius 3 is 2.65 bits per heavy atom. The van der Waals surface area contributed by atoms with Gasteiger partial charge in [0.1, 0.15) is 5.69 Å². The van der Waals surface area contributed by atoms with E-state index in [1.165, 1.54) is 12.3 Å². The van der Waals surface area contributed by atoms with E-state index < -0.39 is 10.0 Å². The van der Waals surface area contributed by atoms with E-state index in [0.717, 1.165) is 25.7 Å². The van der Waals surface area contributed by atoms with Crippen LogP contribution in [0.2, 0.25) is 0 Å². The Labute approximate surface area is 120 Å². The molecule has 0 saturated heterocycles. The minimum absolute atomic E-state index is 0.0827. The number of aromatic amines is 1. The lowest BCUT2D eigenvalue weighted by Gasteiger charge is -2.14. The van der Waals surface area contributed by atoms with Crippen molar-refractivity contribution in [2.45, 2.75) is 44.4 Å². The van der Waals surface area contributed by atoms with Crippen molar-refractivity contribution in [1.82, 2.24) is 10.3 Å². The molecule has 0 aliphatic rings. The van der Waals surface area contributed by atoms with E-state index in [0.29, 0.717) is 12.5 Å². The van der Waals surface area contributed by atoms with Crippen LogP contribution >= 0.6 is 0 Å². The van der Waals surface area contributed by atoms with E-state index in [9.17, 15) is 13.2 Å². The highest BCUT2D eigenvalue weighted by molar-refractivity contribution is 7.89. The molecule has 0 aromatic carbocycles. The summed E-state index contributed by atoms with van der Waals surface area (Å²) in [4.78, 5) is 14.4. The molecule has 6 nitrogen and oxygen atoms in total. The first-order valence-corrected chi connectivity index (χ1v) is 8.42. The Morgan fingerprint density at radius 2 is 2.15 bits per heavy atom. The van der Waals surface area contributed by atoms with Crippen LogP contribution in [0.4, 0.5) is 0 Å². The summed E-state index contributed by atoms with van der Waals surface area (Å²) in [7, 11) is -3.77. The number of carbonyl (C=O) groups excluding carboxylic acids is 1. The number of nitrogens with one attached hydrogen (secondary N) is 2. The maximum absolute atomic E-state index is 11.9. The van der Waals surface area contributed by atoms with E-state index in [1.54, 1.807) is 0 Å². The molecular weight excluding hydrogens is 278 g/mol. The molecule has 0 aliphatic heterocycles. The zero-order valence-corrected chi connectivity index (χ0v) is 12.8. The fraction of sp³-hybridized carbons (Fsp3) is 0.615. The highest BCUT2D eigenvalue weighted by Gasteiger charge is 2.15. The highest BCUT2D eigenvalue weighted by atomic mass is 32.2. The maximum atomic E-state index is 11.9. The van der Waals surface area contributed by atoms with Gasteiger partial charge in [-0.2, -0.15) is 0 Å². The molecule has 1 unspecified atom stereocenters. The summed E-state index contributed by atoms with van der Waals surface area (Å²) in [5.41, 5.74) is 0.208. The highest BCUT2D eigenvalue weighted by Crippen LogP contribution is 2.12. The maximum Gasteiger partial charge on any atom is 0.267 e. The first kappa shape index (κ1) is 16.7. The van der Waals surface area contributed by atoms with E-state index in [2.05, 4.69) is 24.1 Å². The first-order chi connectivity index (χ1) is 9.38. The molecule has 0 radical (unpaired) electrons. The molecule has 20 heavy (non-hydrogen) atoms. The van der Waals surface area contributed by atoms with Gasteiger partial charge < -0.3 is 10.3 Å². The number of amides is 1. The summed E-state index contributed by atoms with van der Waals surface area (Å²) < 4.78 is 22.3. The van der Waals surface area contributed by atoms with Crippen molar-refractivity contribution in [1.29, 1.82) is 0 Å². The lowest BCUT2D eigenvalue weighted by atomic mass is 9.99. The zero-order valence-electron chi connectivity index (χ0n) is 12.0. The SMILES string of the molecule is CCCCC(CC)CNC(=O)c1cc(S(N)(=O)=O)c[nH]1. The molecule has 1 atom stereocenters. The number of unbranched alkanes of at least 4 members (excludes halogenated alkanes) is 1. The van der Waals surface area contributed by atoms with Gasteiger partial charge in [0.05, 0.1) is 4.90 Å². The van der Waals surface area contributed by atoms with Crippen LogP contribution in [0.1, 0.15) is 50.0 Å². The number of primary sulfonamides is 1. The topological polar surface area (TPSA) is 105 Å². The van der Waals surface area contributed by atoms with E-state index >= 15 is 0 Å². The smallest absolute Gasteiger partial charge is 0.267 e. The van der Waals surface area contributed by atoms with E-state index in [1.807, 2.05) is 0 Å². The van der Waals surface area contributed by atoms with Crippen LogP contribution in [0.5, 0.6) is 0 Å². The summed E-state index contributed by atoms with van der Waals surface area (Å²) in [6, 6.07) is 1.25. The van der Waals surface area contributed by atoms with E-state index in [4.69, 9.17) is 5.14 Å². The number of sulfonamides is 1. The van der Waals surface area contributed by atoms with Crippen LogP contribution in [0.15, 0.2) is 17.2 Å². The normalized spacial score (nSPS) is 13.2. The van der Waals surface area contributed by atoms with Gasteiger partial charge in [-0.15, -0.1) is 0 Å². The molecule has 114 valence electrons. The summed E-state index contributed by atoms with van der Waals surface area (Å²) >= 11 is 0. The van der Waals surface area contributed by atoms with Crippen LogP contribution in [0.3, 0.4) is 0 Å². The predicted molar refractivity (Wildman–Crippen MR) is 77.8 cm³/mol. The van der Waals surface area contributed by atoms with Crippen molar-refractivity contribution in [3.63, 3.8) is 0 Å². The van der Waals surface area contributed by atoms with Gasteiger partial charge in [-0.3, -0.25) is 4.79 Å². The van der Waals surface area contributed by atoms with E-state index in [-0.39, 0.29) is 16.5 Å². The summed E-state index contributed by atoms with van der Waals surface area (Å²) in [6.45, 7) is 4.83. The van der Waals surface area contributed by atoms with Crippen molar-refractivity contribution in [2.75, 3.05) is 6.54 Å². The zero-order chi connectivity index (χ0) is 15.2. The van der Waals surface area contributed by atoms with Crippen molar-refractivity contribution in [2.24, 2.45) is 11.1 Å². The average molecular weight is 301 g/mol. The number of hydrogen-bond donors (Lipinski definition) is 3. The fourth-order valence-corrected chi connectivity index (χ4v) is 2.45. The van der Waals surface area contributed by atoms with Gasteiger partial charge in [0.15, 0.2) is 0 Å². The molecule has 0 bridgehead atoms. The third-order valence-electron chi connectivity index (χ3n) is 3.32. The standard InChI is InChI=1S/C13H23N3O3S/c1-3-5-6-10(4-2)8-16-13(17)12-7-11(9-15-12)20(14,18)19/h7,9-10,15H,3-6,8H2,1-2H3,(H,16,17)(H2,14,18,19). The lowest BCUT2D eigenvalue weighted by molar-refractivity contribution is 0.0941.